The van der Waals surface area contributed by atoms with Gasteiger partial charge in [0.05, 0.1) is 0 Å². The number of rotatable bonds is 8. The van der Waals surface area contributed by atoms with E-state index in [1.54, 1.807) is 0 Å². The van der Waals surface area contributed by atoms with Gasteiger partial charge in [-0.25, -0.2) is 0 Å². The molecule has 0 radical (unpaired) electrons. The van der Waals surface area contributed by atoms with E-state index in [1.165, 1.54) is 92.6 Å². The SMILES string of the molecule is CCCCCCCCc1ccc2sc(-c3ccc4cc5ccccc5cc4c3)cc2c1. The van der Waals surface area contributed by atoms with Gasteiger partial charge in [-0.1, -0.05) is 87.6 Å². The number of hydrogen-bond acceptors (Lipinski definition) is 1. The van der Waals surface area contributed by atoms with Crippen LogP contribution in [0.15, 0.2) is 78.9 Å². The fourth-order valence-electron chi connectivity index (χ4n) is 4.59. The molecule has 1 heteroatoms. The van der Waals surface area contributed by atoms with Gasteiger partial charge in [0.1, 0.15) is 0 Å². The zero-order chi connectivity index (χ0) is 21.0. The first-order chi connectivity index (χ1) is 15.3. The molecule has 5 rings (SSSR count). The van der Waals surface area contributed by atoms with Crippen LogP contribution in [-0.2, 0) is 6.42 Å². The topological polar surface area (TPSA) is 0 Å². The molecule has 0 amide bonds. The minimum atomic E-state index is 1.20. The second-order valence-corrected chi connectivity index (χ2v) is 9.85. The number of fused-ring (bicyclic) bond motifs is 3. The third-order valence-corrected chi connectivity index (χ3v) is 7.55. The Balaban J connectivity index is 1.37. The summed E-state index contributed by atoms with van der Waals surface area (Å²) in [6, 6.07) is 29.6. The van der Waals surface area contributed by atoms with E-state index >= 15 is 0 Å². The third kappa shape index (κ3) is 4.52. The van der Waals surface area contributed by atoms with Crippen molar-refractivity contribution in [1.29, 1.82) is 0 Å². The molecular formula is C30H30S. The Morgan fingerprint density at radius 2 is 1.32 bits per heavy atom. The van der Waals surface area contributed by atoms with Crippen LogP contribution in [0.2, 0.25) is 0 Å². The summed E-state index contributed by atoms with van der Waals surface area (Å²) in [6.45, 7) is 2.28. The van der Waals surface area contributed by atoms with Crippen molar-refractivity contribution in [3.8, 4) is 10.4 Å². The molecular weight excluding hydrogens is 392 g/mol. The number of hydrogen-bond donors (Lipinski definition) is 0. The van der Waals surface area contributed by atoms with Gasteiger partial charge in [-0.2, -0.15) is 0 Å². The van der Waals surface area contributed by atoms with Gasteiger partial charge in [-0.15, -0.1) is 11.3 Å². The van der Waals surface area contributed by atoms with Gasteiger partial charge in [-0.05, 0) is 81.2 Å². The van der Waals surface area contributed by atoms with E-state index < -0.39 is 0 Å². The zero-order valence-corrected chi connectivity index (χ0v) is 19.2. The minimum Gasteiger partial charge on any atom is -0.135 e. The first kappa shape index (κ1) is 20.3. The van der Waals surface area contributed by atoms with Crippen LogP contribution in [0.1, 0.15) is 51.0 Å². The average molecular weight is 423 g/mol. The lowest BCUT2D eigenvalue weighted by Crippen LogP contribution is -1.85. The molecule has 0 spiro atoms. The Labute approximate surface area is 189 Å². The highest BCUT2D eigenvalue weighted by atomic mass is 32.1. The molecule has 0 unspecified atom stereocenters. The van der Waals surface area contributed by atoms with E-state index in [2.05, 4.69) is 85.8 Å². The lowest BCUT2D eigenvalue weighted by atomic mass is 10.0. The summed E-state index contributed by atoms with van der Waals surface area (Å²) in [5.74, 6) is 0. The second kappa shape index (κ2) is 9.24. The van der Waals surface area contributed by atoms with Gasteiger partial charge in [-0.3, -0.25) is 0 Å². The minimum absolute atomic E-state index is 1.20. The van der Waals surface area contributed by atoms with E-state index in [1.807, 2.05) is 11.3 Å². The Bertz CT molecular complexity index is 1320. The van der Waals surface area contributed by atoms with Crippen LogP contribution >= 0.6 is 11.3 Å². The summed E-state index contributed by atoms with van der Waals surface area (Å²) in [4.78, 5) is 1.36. The van der Waals surface area contributed by atoms with E-state index in [4.69, 9.17) is 0 Å². The summed E-state index contributed by atoms with van der Waals surface area (Å²) in [5.41, 5.74) is 2.80. The lowest BCUT2D eigenvalue weighted by Gasteiger charge is -2.04. The van der Waals surface area contributed by atoms with Crippen molar-refractivity contribution in [2.45, 2.75) is 51.9 Å². The first-order valence-electron chi connectivity index (χ1n) is 11.8. The second-order valence-electron chi connectivity index (χ2n) is 8.76. The fourth-order valence-corrected chi connectivity index (χ4v) is 5.63. The number of aryl methyl sites for hydroxylation is 1. The van der Waals surface area contributed by atoms with Crippen LogP contribution in [0.3, 0.4) is 0 Å². The molecule has 0 aliphatic rings. The van der Waals surface area contributed by atoms with Crippen LogP contribution < -0.4 is 0 Å². The first-order valence-corrected chi connectivity index (χ1v) is 12.6. The van der Waals surface area contributed by atoms with Crippen molar-refractivity contribution in [3.05, 3.63) is 84.4 Å². The lowest BCUT2D eigenvalue weighted by molar-refractivity contribution is 0.607. The number of thiophene rings is 1. The molecule has 0 fully saturated rings. The zero-order valence-electron chi connectivity index (χ0n) is 18.4. The predicted octanol–water partition coefficient (Wildman–Crippen LogP) is 9.78. The quantitative estimate of drug-likeness (QED) is 0.172. The highest BCUT2D eigenvalue weighted by molar-refractivity contribution is 7.22. The van der Waals surface area contributed by atoms with E-state index in [-0.39, 0.29) is 0 Å². The Hall–Kier alpha value is -2.64. The summed E-state index contributed by atoms with van der Waals surface area (Å²) in [6.07, 6.45) is 9.36. The van der Waals surface area contributed by atoms with Crippen molar-refractivity contribution >= 4 is 43.0 Å². The molecule has 0 N–H and O–H groups in total. The fraction of sp³-hybridized carbons (Fsp3) is 0.267. The van der Waals surface area contributed by atoms with Gasteiger partial charge >= 0.3 is 0 Å². The van der Waals surface area contributed by atoms with Crippen molar-refractivity contribution in [3.63, 3.8) is 0 Å². The van der Waals surface area contributed by atoms with Crippen LogP contribution in [0.25, 0.3) is 42.1 Å². The molecule has 0 atom stereocenters. The summed E-state index contributed by atoms with van der Waals surface area (Å²) in [5, 5.41) is 6.63. The molecule has 0 aliphatic carbocycles. The molecule has 0 aliphatic heterocycles. The smallest absolute Gasteiger partial charge is 0.0355 e. The van der Waals surface area contributed by atoms with Crippen LogP contribution in [-0.4, -0.2) is 0 Å². The number of unbranched alkanes of at least 4 members (excludes halogenated alkanes) is 5. The van der Waals surface area contributed by atoms with Gasteiger partial charge in [0.15, 0.2) is 0 Å². The molecule has 0 saturated heterocycles. The van der Waals surface area contributed by atoms with Crippen LogP contribution in [0.5, 0.6) is 0 Å². The molecule has 4 aromatic carbocycles. The van der Waals surface area contributed by atoms with Gasteiger partial charge in [0.25, 0.3) is 0 Å². The van der Waals surface area contributed by atoms with Gasteiger partial charge in [0.2, 0.25) is 0 Å². The molecule has 0 saturated carbocycles. The van der Waals surface area contributed by atoms with E-state index in [0.717, 1.165) is 0 Å². The maximum Gasteiger partial charge on any atom is 0.0355 e. The van der Waals surface area contributed by atoms with Gasteiger partial charge in [0, 0.05) is 9.58 Å². The monoisotopic (exact) mass is 422 g/mol. The third-order valence-electron chi connectivity index (χ3n) is 6.39. The largest absolute Gasteiger partial charge is 0.135 e. The molecule has 1 aromatic heterocycles. The van der Waals surface area contributed by atoms with E-state index in [9.17, 15) is 0 Å². The predicted molar refractivity (Wildman–Crippen MR) is 139 cm³/mol. The highest BCUT2D eigenvalue weighted by Gasteiger charge is 2.07. The maximum atomic E-state index is 2.41. The van der Waals surface area contributed by atoms with Gasteiger partial charge < -0.3 is 0 Å². The molecule has 156 valence electrons. The molecule has 0 bridgehead atoms. The average Bonchev–Trinajstić information content (AvgIpc) is 3.23. The molecule has 31 heavy (non-hydrogen) atoms. The Morgan fingerprint density at radius 3 is 2.16 bits per heavy atom. The normalized spacial score (nSPS) is 11.6. The summed E-state index contributed by atoms with van der Waals surface area (Å²) < 4.78 is 1.39. The van der Waals surface area contributed by atoms with Crippen LogP contribution in [0.4, 0.5) is 0 Å². The Kier molecular flexibility index (Phi) is 6.04. The summed E-state index contributed by atoms with van der Waals surface area (Å²) >= 11 is 1.91. The Morgan fingerprint density at radius 1 is 0.581 bits per heavy atom. The van der Waals surface area contributed by atoms with Crippen molar-refractivity contribution < 1.29 is 0 Å². The maximum absolute atomic E-state index is 2.41. The van der Waals surface area contributed by atoms with Crippen molar-refractivity contribution in [1.82, 2.24) is 0 Å². The number of benzene rings is 4. The van der Waals surface area contributed by atoms with Crippen molar-refractivity contribution in [2.75, 3.05) is 0 Å². The van der Waals surface area contributed by atoms with Crippen molar-refractivity contribution in [2.24, 2.45) is 0 Å². The highest BCUT2D eigenvalue weighted by Crippen LogP contribution is 2.36. The van der Waals surface area contributed by atoms with E-state index in [0.29, 0.717) is 0 Å². The molecule has 1 heterocycles. The summed E-state index contributed by atoms with van der Waals surface area (Å²) in [7, 11) is 0. The molecule has 5 aromatic rings. The standard InChI is InChI=1S/C30H30S/c1-2-3-4-5-6-7-10-22-13-16-29-28(17-22)21-30(31-29)26-15-14-25-18-23-11-8-9-12-24(23)19-27(25)20-26/h8-9,11-21H,2-7,10H2,1H3. The molecule has 0 nitrogen and oxygen atoms in total. The van der Waals surface area contributed by atoms with Crippen LogP contribution in [0, 0.1) is 0 Å².